The molecule has 1 saturated carbocycles. The van der Waals surface area contributed by atoms with Crippen molar-refractivity contribution in [2.75, 3.05) is 11.9 Å². The molecule has 2 amide bonds. The number of carbonyl (C=O) groups is 2. The van der Waals surface area contributed by atoms with Crippen LogP contribution < -0.4 is 10.6 Å². The van der Waals surface area contributed by atoms with E-state index in [-0.39, 0.29) is 16.7 Å². The van der Waals surface area contributed by atoms with E-state index in [4.69, 9.17) is 16.1 Å². The van der Waals surface area contributed by atoms with Crippen LogP contribution in [0.25, 0.3) is 0 Å². The Morgan fingerprint density at radius 3 is 2.74 bits per heavy atom. The lowest BCUT2D eigenvalue weighted by Gasteiger charge is -2.07. The van der Waals surface area contributed by atoms with E-state index in [0.717, 1.165) is 18.5 Å². The standard InChI is InChI=1S/C16H16ClN3O3/c1-2-18-15(21)11-6-5-10(7-12(11)17)19-16(22)14-8-13(20-23-14)9-3-4-9/h5-9H,2-4H2,1H3,(H,18,21)(H,19,22). The summed E-state index contributed by atoms with van der Waals surface area (Å²) in [4.78, 5) is 23.9. The number of rotatable bonds is 5. The van der Waals surface area contributed by atoms with E-state index in [1.54, 1.807) is 18.2 Å². The second-order valence-corrected chi connectivity index (χ2v) is 5.81. The summed E-state index contributed by atoms with van der Waals surface area (Å²) in [5.41, 5.74) is 1.67. The topological polar surface area (TPSA) is 84.2 Å². The fourth-order valence-electron chi connectivity index (χ4n) is 2.19. The highest BCUT2D eigenvalue weighted by Gasteiger charge is 2.28. The van der Waals surface area contributed by atoms with Crippen LogP contribution in [-0.2, 0) is 0 Å². The lowest BCUT2D eigenvalue weighted by Crippen LogP contribution is -2.23. The van der Waals surface area contributed by atoms with Gasteiger partial charge in [-0.05, 0) is 38.0 Å². The van der Waals surface area contributed by atoms with E-state index in [0.29, 0.717) is 23.7 Å². The second-order valence-electron chi connectivity index (χ2n) is 5.40. The first-order valence-electron chi connectivity index (χ1n) is 7.44. The lowest BCUT2D eigenvalue weighted by atomic mass is 10.2. The number of amides is 2. The summed E-state index contributed by atoms with van der Waals surface area (Å²) < 4.78 is 5.06. The number of anilines is 1. The predicted octanol–water partition coefficient (Wildman–Crippen LogP) is 3.21. The Bertz CT molecular complexity index is 753. The molecule has 120 valence electrons. The van der Waals surface area contributed by atoms with Gasteiger partial charge >= 0.3 is 0 Å². The van der Waals surface area contributed by atoms with Crippen molar-refractivity contribution in [3.8, 4) is 0 Å². The first-order valence-corrected chi connectivity index (χ1v) is 7.82. The Morgan fingerprint density at radius 2 is 2.09 bits per heavy atom. The molecule has 0 atom stereocenters. The number of carbonyl (C=O) groups excluding carboxylic acids is 2. The fourth-order valence-corrected chi connectivity index (χ4v) is 2.46. The molecule has 1 aliphatic carbocycles. The molecule has 0 bridgehead atoms. The molecule has 0 unspecified atom stereocenters. The minimum Gasteiger partial charge on any atom is -0.352 e. The molecule has 2 N–H and O–H groups in total. The maximum atomic E-state index is 12.1. The quantitative estimate of drug-likeness (QED) is 0.880. The third kappa shape index (κ3) is 3.53. The first-order chi connectivity index (χ1) is 11.1. The normalized spacial score (nSPS) is 13.7. The number of halogens is 1. The summed E-state index contributed by atoms with van der Waals surface area (Å²) in [6, 6.07) is 6.38. The van der Waals surface area contributed by atoms with Gasteiger partial charge in [0.25, 0.3) is 11.8 Å². The highest BCUT2D eigenvalue weighted by atomic mass is 35.5. The van der Waals surface area contributed by atoms with Gasteiger partial charge in [0.1, 0.15) is 0 Å². The van der Waals surface area contributed by atoms with Crippen LogP contribution in [0.5, 0.6) is 0 Å². The zero-order valence-corrected chi connectivity index (χ0v) is 13.3. The SMILES string of the molecule is CCNC(=O)c1ccc(NC(=O)c2cc(C3CC3)no2)cc1Cl. The van der Waals surface area contributed by atoms with Crippen molar-refractivity contribution in [3.63, 3.8) is 0 Å². The number of hydrogen-bond acceptors (Lipinski definition) is 4. The molecule has 1 heterocycles. The van der Waals surface area contributed by atoms with Gasteiger partial charge in [-0.3, -0.25) is 9.59 Å². The Kier molecular flexibility index (Phi) is 4.34. The maximum Gasteiger partial charge on any atom is 0.294 e. The van der Waals surface area contributed by atoms with E-state index >= 15 is 0 Å². The van der Waals surface area contributed by atoms with Gasteiger partial charge in [0, 0.05) is 24.2 Å². The van der Waals surface area contributed by atoms with Crippen LogP contribution in [-0.4, -0.2) is 23.5 Å². The van der Waals surface area contributed by atoms with Crippen molar-refractivity contribution >= 4 is 29.1 Å². The van der Waals surface area contributed by atoms with Crippen LogP contribution in [0, 0.1) is 0 Å². The van der Waals surface area contributed by atoms with Gasteiger partial charge in [0.2, 0.25) is 5.76 Å². The molecule has 0 radical (unpaired) electrons. The van der Waals surface area contributed by atoms with E-state index in [1.165, 1.54) is 6.07 Å². The van der Waals surface area contributed by atoms with Gasteiger partial charge in [0.05, 0.1) is 16.3 Å². The van der Waals surface area contributed by atoms with Crippen molar-refractivity contribution in [1.29, 1.82) is 0 Å². The van der Waals surface area contributed by atoms with E-state index in [9.17, 15) is 9.59 Å². The van der Waals surface area contributed by atoms with Crippen molar-refractivity contribution in [2.45, 2.75) is 25.7 Å². The summed E-state index contributed by atoms with van der Waals surface area (Å²) in [6.07, 6.45) is 2.18. The minimum atomic E-state index is -0.397. The van der Waals surface area contributed by atoms with Crippen LogP contribution in [0.3, 0.4) is 0 Å². The number of benzene rings is 1. The Balaban J connectivity index is 1.70. The highest BCUT2D eigenvalue weighted by molar-refractivity contribution is 6.34. The second kappa shape index (κ2) is 6.42. The average molecular weight is 334 g/mol. The van der Waals surface area contributed by atoms with Crippen molar-refractivity contribution in [1.82, 2.24) is 10.5 Å². The monoisotopic (exact) mass is 333 g/mol. The van der Waals surface area contributed by atoms with Gasteiger partial charge in [-0.25, -0.2) is 0 Å². The van der Waals surface area contributed by atoms with Crippen LogP contribution in [0.15, 0.2) is 28.8 Å². The molecule has 1 fully saturated rings. The zero-order chi connectivity index (χ0) is 16.4. The van der Waals surface area contributed by atoms with Crippen LogP contribution in [0.4, 0.5) is 5.69 Å². The highest BCUT2D eigenvalue weighted by Crippen LogP contribution is 2.39. The van der Waals surface area contributed by atoms with E-state index in [1.807, 2.05) is 6.92 Å². The van der Waals surface area contributed by atoms with Gasteiger partial charge in [-0.2, -0.15) is 0 Å². The maximum absolute atomic E-state index is 12.1. The largest absolute Gasteiger partial charge is 0.352 e. The molecule has 6 nitrogen and oxygen atoms in total. The molecule has 1 aromatic heterocycles. The van der Waals surface area contributed by atoms with Crippen molar-refractivity contribution < 1.29 is 14.1 Å². The van der Waals surface area contributed by atoms with Crippen LogP contribution in [0.2, 0.25) is 5.02 Å². The molecule has 0 aliphatic heterocycles. The van der Waals surface area contributed by atoms with E-state index in [2.05, 4.69) is 15.8 Å². The summed E-state index contributed by atoms with van der Waals surface area (Å²) >= 11 is 6.10. The third-order valence-electron chi connectivity index (χ3n) is 3.56. The summed E-state index contributed by atoms with van der Waals surface area (Å²) in [5.74, 6) is -0.0622. The van der Waals surface area contributed by atoms with Gasteiger partial charge in [0.15, 0.2) is 0 Å². The van der Waals surface area contributed by atoms with Gasteiger partial charge in [-0.1, -0.05) is 16.8 Å². The lowest BCUT2D eigenvalue weighted by molar-refractivity contribution is 0.0954. The Labute approximate surface area is 138 Å². The van der Waals surface area contributed by atoms with E-state index < -0.39 is 5.91 Å². The molecule has 1 aliphatic rings. The smallest absolute Gasteiger partial charge is 0.294 e. The Hall–Kier alpha value is -2.34. The van der Waals surface area contributed by atoms with Crippen molar-refractivity contribution in [2.24, 2.45) is 0 Å². The number of nitrogens with zero attached hydrogens (tertiary/aromatic N) is 1. The number of hydrogen-bond donors (Lipinski definition) is 2. The first kappa shape index (κ1) is 15.6. The molecular weight excluding hydrogens is 318 g/mol. The predicted molar refractivity (Wildman–Crippen MR) is 85.9 cm³/mol. The van der Waals surface area contributed by atoms with Crippen molar-refractivity contribution in [3.05, 3.63) is 46.3 Å². The number of nitrogens with one attached hydrogen (secondary N) is 2. The molecule has 7 heteroatoms. The Morgan fingerprint density at radius 1 is 1.30 bits per heavy atom. The average Bonchev–Trinajstić information content (AvgIpc) is 3.24. The fraction of sp³-hybridized carbons (Fsp3) is 0.312. The molecule has 0 saturated heterocycles. The van der Waals surface area contributed by atoms with Crippen LogP contribution >= 0.6 is 11.6 Å². The molecule has 2 aromatic rings. The van der Waals surface area contributed by atoms with Crippen LogP contribution in [0.1, 0.15) is 52.3 Å². The van der Waals surface area contributed by atoms with Gasteiger partial charge < -0.3 is 15.2 Å². The molecular formula is C16H16ClN3O3. The molecule has 1 aromatic carbocycles. The summed E-state index contributed by atoms with van der Waals surface area (Å²) in [6.45, 7) is 2.34. The molecule has 23 heavy (non-hydrogen) atoms. The summed E-state index contributed by atoms with van der Waals surface area (Å²) in [5, 5.41) is 9.52. The summed E-state index contributed by atoms with van der Waals surface area (Å²) in [7, 11) is 0. The number of aromatic nitrogens is 1. The third-order valence-corrected chi connectivity index (χ3v) is 3.87. The zero-order valence-electron chi connectivity index (χ0n) is 12.6. The molecule has 0 spiro atoms. The van der Waals surface area contributed by atoms with Gasteiger partial charge in [-0.15, -0.1) is 0 Å². The minimum absolute atomic E-state index is 0.163. The molecule has 3 rings (SSSR count).